The number of carbonyl (C=O) groups excluding carboxylic acids is 1. The second-order valence-electron chi connectivity index (χ2n) is 7.57. The van der Waals surface area contributed by atoms with Gasteiger partial charge in [-0.3, -0.25) is 4.79 Å². The van der Waals surface area contributed by atoms with Gasteiger partial charge in [0, 0.05) is 31.0 Å². The van der Waals surface area contributed by atoms with E-state index in [1.165, 1.54) is 12.3 Å². The van der Waals surface area contributed by atoms with Crippen LogP contribution in [0.5, 0.6) is 11.5 Å². The van der Waals surface area contributed by atoms with Gasteiger partial charge in [0.15, 0.2) is 11.7 Å². The molecule has 0 radical (unpaired) electrons. The first-order chi connectivity index (χ1) is 15.5. The molecule has 1 aliphatic heterocycles. The van der Waals surface area contributed by atoms with Crippen LogP contribution >= 0.6 is 0 Å². The first-order valence-corrected chi connectivity index (χ1v) is 10.4. The number of amides is 1. The number of halogens is 2. The number of likely N-dealkylation sites (tertiary alicyclic amines) is 1. The Labute approximate surface area is 184 Å². The van der Waals surface area contributed by atoms with Crippen LogP contribution in [0.4, 0.5) is 8.78 Å². The molecule has 2 heterocycles. The van der Waals surface area contributed by atoms with Crippen LogP contribution in [0.25, 0.3) is 11.3 Å². The van der Waals surface area contributed by atoms with Crippen molar-refractivity contribution in [3.8, 4) is 22.8 Å². The molecule has 4 rings (SSSR count). The van der Waals surface area contributed by atoms with Crippen LogP contribution in [0.1, 0.15) is 36.8 Å². The van der Waals surface area contributed by atoms with E-state index < -0.39 is 11.6 Å². The smallest absolute Gasteiger partial charge is 0.223 e. The SMILES string of the molecule is COc1ccc([C@@H]2CCCN2C(=O)CCc2ncc(-c3c(F)cccc3F)o2)c(OC)c1. The molecule has 1 fully saturated rings. The van der Waals surface area contributed by atoms with Gasteiger partial charge in [-0.2, -0.15) is 0 Å². The van der Waals surface area contributed by atoms with Crippen molar-refractivity contribution in [3.63, 3.8) is 0 Å². The summed E-state index contributed by atoms with van der Waals surface area (Å²) in [6.45, 7) is 0.649. The third-order valence-corrected chi connectivity index (χ3v) is 5.69. The molecule has 1 aromatic heterocycles. The zero-order valence-electron chi connectivity index (χ0n) is 17.9. The van der Waals surface area contributed by atoms with E-state index >= 15 is 0 Å². The predicted octanol–water partition coefficient (Wildman–Crippen LogP) is 4.93. The summed E-state index contributed by atoms with van der Waals surface area (Å²) in [6, 6.07) is 9.11. The maximum Gasteiger partial charge on any atom is 0.223 e. The average Bonchev–Trinajstić information content (AvgIpc) is 3.47. The van der Waals surface area contributed by atoms with Crippen molar-refractivity contribution < 1.29 is 27.5 Å². The third-order valence-electron chi connectivity index (χ3n) is 5.69. The van der Waals surface area contributed by atoms with Crippen LogP contribution in [-0.4, -0.2) is 36.6 Å². The van der Waals surface area contributed by atoms with Crippen molar-refractivity contribution in [2.75, 3.05) is 20.8 Å². The van der Waals surface area contributed by atoms with Gasteiger partial charge in [-0.15, -0.1) is 0 Å². The highest BCUT2D eigenvalue weighted by molar-refractivity contribution is 5.77. The Morgan fingerprint density at radius 2 is 1.97 bits per heavy atom. The van der Waals surface area contributed by atoms with Gasteiger partial charge >= 0.3 is 0 Å². The van der Waals surface area contributed by atoms with Crippen molar-refractivity contribution in [2.45, 2.75) is 31.7 Å². The van der Waals surface area contributed by atoms with Crippen molar-refractivity contribution in [1.29, 1.82) is 0 Å². The summed E-state index contributed by atoms with van der Waals surface area (Å²) in [5, 5.41) is 0. The van der Waals surface area contributed by atoms with E-state index in [0.717, 1.165) is 30.5 Å². The second-order valence-corrected chi connectivity index (χ2v) is 7.57. The molecule has 0 N–H and O–H groups in total. The summed E-state index contributed by atoms with van der Waals surface area (Å²) in [5.41, 5.74) is 0.677. The number of methoxy groups -OCH3 is 2. The van der Waals surface area contributed by atoms with Crippen molar-refractivity contribution >= 4 is 5.91 Å². The highest BCUT2D eigenvalue weighted by Gasteiger charge is 2.32. The summed E-state index contributed by atoms with van der Waals surface area (Å²) in [4.78, 5) is 18.9. The minimum atomic E-state index is -0.725. The van der Waals surface area contributed by atoms with Crippen molar-refractivity contribution in [2.24, 2.45) is 0 Å². The van der Waals surface area contributed by atoms with Crippen LogP contribution < -0.4 is 9.47 Å². The molecule has 0 bridgehead atoms. The number of nitrogens with zero attached hydrogens (tertiary/aromatic N) is 2. The van der Waals surface area contributed by atoms with E-state index in [9.17, 15) is 13.6 Å². The number of hydrogen-bond acceptors (Lipinski definition) is 5. The van der Waals surface area contributed by atoms with Gasteiger partial charge in [0.2, 0.25) is 5.91 Å². The number of benzene rings is 2. The summed E-state index contributed by atoms with van der Waals surface area (Å²) in [5.74, 6) is 0.140. The molecule has 32 heavy (non-hydrogen) atoms. The minimum Gasteiger partial charge on any atom is -0.497 e. The van der Waals surface area contributed by atoms with Gasteiger partial charge in [0.25, 0.3) is 0 Å². The number of hydrogen-bond donors (Lipinski definition) is 0. The molecular weight excluding hydrogens is 418 g/mol. The first-order valence-electron chi connectivity index (χ1n) is 10.4. The van der Waals surface area contributed by atoms with E-state index in [1.54, 1.807) is 14.2 Å². The molecule has 0 saturated carbocycles. The Morgan fingerprint density at radius 1 is 1.19 bits per heavy atom. The Hall–Kier alpha value is -3.42. The average molecular weight is 442 g/mol. The maximum absolute atomic E-state index is 14.0. The molecule has 1 aliphatic rings. The standard InChI is InChI=1S/C24H24F2N2O4/c1-30-15-8-9-16(20(13-15)31-2)19-7-4-12-28(19)23(29)11-10-22-27-14-21(32-22)24-17(25)5-3-6-18(24)26/h3,5-6,8-9,13-14,19H,4,7,10-12H2,1-2H3/t19-/m0/s1. The number of ether oxygens (including phenoxy) is 2. The number of oxazole rings is 1. The van der Waals surface area contributed by atoms with Gasteiger partial charge in [-0.05, 0) is 37.1 Å². The minimum absolute atomic E-state index is 0.00469. The first kappa shape index (κ1) is 21.8. The van der Waals surface area contributed by atoms with Crippen LogP contribution in [0.2, 0.25) is 0 Å². The van der Waals surface area contributed by atoms with E-state index in [1.807, 2.05) is 23.1 Å². The molecule has 2 aromatic carbocycles. The molecule has 1 amide bonds. The molecule has 0 unspecified atom stereocenters. The van der Waals surface area contributed by atoms with E-state index in [-0.39, 0.29) is 42.0 Å². The van der Waals surface area contributed by atoms with Gasteiger partial charge in [-0.1, -0.05) is 6.07 Å². The van der Waals surface area contributed by atoms with Crippen LogP contribution in [0, 0.1) is 11.6 Å². The quantitative estimate of drug-likeness (QED) is 0.519. The predicted molar refractivity (Wildman–Crippen MR) is 113 cm³/mol. The Morgan fingerprint density at radius 3 is 2.69 bits per heavy atom. The Bertz CT molecular complexity index is 1090. The van der Waals surface area contributed by atoms with E-state index in [2.05, 4.69) is 4.98 Å². The largest absolute Gasteiger partial charge is 0.497 e. The highest BCUT2D eigenvalue weighted by atomic mass is 19.1. The topological polar surface area (TPSA) is 64.8 Å². The molecular formula is C24H24F2N2O4. The molecule has 3 aromatic rings. The van der Waals surface area contributed by atoms with Crippen LogP contribution in [0.15, 0.2) is 47.0 Å². The summed E-state index contributed by atoms with van der Waals surface area (Å²) in [7, 11) is 3.19. The normalized spacial score (nSPS) is 15.8. The number of rotatable bonds is 7. The summed E-state index contributed by atoms with van der Waals surface area (Å²) in [6.07, 6.45) is 3.42. The fraction of sp³-hybridized carbons (Fsp3) is 0.333. The van der Waals surface area contributed by atoms with Gasteiger partial charge in [0.05, 0.1) is 32.0 Å². The fourth-order valence-corrected chi connectivity index (χ4v) is 4.11. The second kappa shape index (κ2) is 9.38. The Balaban J connectivity index is 1.45. The van der Waals surface area contributed by atoms with E-state index in [0.29, 0.717) is 18.0 Å². The lowest BCUT2D eigenvalue weighted by Crippen LogP contribution is -2.31. The molecule has 0 aliphatic carbocycles. The van der Waals surface area contributed by atoms with Crippen molar-refractivity contribution in [3.05, 3.63) is 65.7 Å². The monoisotopic (exact) mass is 442 g/mol. The zero-order valence-corrected chi connectivity index (χ0v) is 17.9. The third kappa shape index (κ3) is 4.30. The lowest BCUT2D eigenvalue weighted by Gasteiger charge is -2.26. The number of aromatic nitrogens is 1. The molecule has 1 saturated heterocycles. The lowest BCUT2D eigenvalue weighted by atomic mass is 10.0. The molecule has 1 atom stereocenters. The van der Waals surface area contributed by atoms with Gasteiger partial charge in [-0.25, -0.2) is 13.8 Å². The number of carbonyl (C=O) groups is 1. The summed E-state index contributed by atoms with van der Waals surface area (Å²) >= 11 is 0. The fourth-order valence-electron chi connectivity index (χ4n) is 4.11. The molecule has 6 nitrogen and oxygen atoms in total. The zero-order chi connectivity index (χ0) is 22.7. The Kier molecular flexibility index (Phi) is 6.39. The lowest BCUT2D eigenvalue weighted by molar-refractivity contribution is -0.132. The highest BCUT2D eigenvalue weighted by Crippen LogP contribution is 2.39. The molecule has 8 heteroatoms. The number of aryl methyl sites for hydroxylation is 1. The van der Waals surface area contributed by atoms with E-state index in [4.69, 9.17) is 13.9 Å². The summed E-state index contributed by atoms with van der Waals surface area (Å²) < 4.78 is 44.2. The van der Waals surface area contributed by atoms with Gasteiger partial charge < -0.3 is 18.8 Å². The van der Waals surface area contributed by atoms with Crippen LogP contribution in [-0.2, 0) is 11.2 Å². The van der Waals surface area contributed by atoms with Gasteiger partial charge in [0.1, 0.15) is 23.1 Å². The van der Waals surface area contributed by atoms with Crippen molar-refractivity contribution in [1.82, 2.24) is 9.88 Å². The molecule has 0 spiro atoms. The molecule has 168 valence electrons. The van der Waals surface area contributed by atoms with Crippen LogP contribution in [0.3, 0.4) is 0 Å². The maximum atomic E-state index is 14.0.